The predicted octanol–water partition coefficient (Wildman–Crippen LogP) is 3.65. The van der Waals surface area contributed by atoms with Gasteiger partial charge in [0.25, 0.3) is 5.91 Å². The minimum atomic E-state index is -0.694. The molecular weight excluding hydrogens is 364 g/mol. The van der Waals surface area contributed by atoms with Crippen LogP contribution in [0.1, 0.15) is 47.0 Å². The fourth-order valence-corrected chi connectivity index (χ4v) is 4.72. The first-order chi connectivity index (χ1) is 12.6. The number of halogens is 1. The molecule has 1 heterocycles. The SMILES string of the molecule is CC1(C)C(C(=O)N(C2CC2)C2CC(=O)N(c3ccc(Cl)cc3)C2=O)C1(C)C. The standard InChI is InChI=1S/C21H25ClN2O3/c1-20(2)17(21(20,3)4)19(27)23(13-9-10-13)15-11-16(25)24(18(15)26)14-7-5-12(22)6-8-14/h5-8,13,15,17H,9-11H2,1-4H3. The van der Waals surface area contributed by atoms with Crippen LogP contribution in [-0.4, -0.2) is 34.7 Å². The van der Waals surface area contributed by atoms with Crippen LogP contribution in [0, 0.1) is 16.7 Å². The first-order valence-corrected chi connectivity index (χ1v) is 9.89. The second kappa shape index (κ2) is 5.81. The van der Waals surface area contributed by atoms with Gasteiger partial charge in [-0.2, -0.15) is 0 Å². The summed E-state index contributed by atoms with van der Waals surface area (Å²) in [6, 6.07) is 6.03. The third-order valence-corrected chi connectivity index (χ3v) is 7.26. The third kappa shape index (κ3) is 2.70. The van der Waals surface area contributed by atoms with Gasteiger partial charge in [-0.1, -0.05) is 39.3 Å². The van der Waals surface area contributed by atoms with Crippen LogP contribution in [0.25, 0.3) is 0 Å². The number of benzene rings is 1. The van der Waals surface area contributed by atoms with Crippen molar-refractivity contribution in [2.75, 3.05) is 4.90 Å². The minimum Gasteiger partial charge on any atom is -0.327 e. The Hall–Kier alpha value is -1.88. The quantitative estimate of drug-likeness (QED) is 0.740. The van der Waals surface area contributed by atoms with Gasteiger partial charge < -0.3 is 4.90 Å². The van der Waals surface area contributed by atoms with Gasteiger partial charge in [-0.25, -0.2) is 4.90 Å². The van der Waals surface area contributed by atoms with Crippen molar-refractivity contribution in [2.24, 2.45) is 16.7 Å². The average Bonchev–Trinajstić information content (AvgIpc) is 3.43. The molecule has 2 aliphatic carbocycles. The van der Waals surface area contributed by atoms with E-state index in [9.17, 15) is 14.4 Å². The van der Waals surface area contributed by atoms with Crippen LogP contribution in [-0.2, 0) is 14.4 Å². The molecule has 0 aromatic heterocycles. The lowest BCUT2D eigenvalue weighted by Gasteiger charge is -2.28. The number of imide groups is 1. The lowest BCUT2D eigenvalue weighted by molar-refractivity contribution is -0.141. The van der Waals surface area contributed by atoms with E-state index >= 15 is 0 Å². The van der Waals surface area contributed by atoms with Gasteiger partial charge >= 0.3 is 0 Å². The first-order valence-electron chi connectivity index (χ1n) is 9.52. The van der Waals surface area contributed by atoms with Gasteiger partial charge in [-0.05, 0) is 47.9 Å². The van der Waals surface area contributed by atoms with E-state index in [1.807, 2.05) is 0 Å². The van der Waals surface area contributed by atoms with Crippen molar-refractivity contribution in [2.45, 2.75) is 59.0 Å². The van der Waals surface area contributed by atoms with Crippen LogP contribution in [0.15, 0.2) is 24.3 Å². The van der Waals surface area contributed by atoms with Crippen LogP contribution in [0.4, 0.5) is 5.69 Å². The zero-order chi connectivity index (χ0) is 19.7. The number of amides is 3. The Morgan fingerprint density at radius 2 is 1.63 bits per heavy atom. The Morgan fingerprint density at radius 1 is 1.07 bits per heavy atom. The third-order valence-electron chi connectivity index (χ3n) is 7.01. The molecule has 0 spiro atoms. The van der Waals surface area contributed by atoms with Gasteiger partial charge in [0.2, 0.25) is 11.8 Å². The van der Waals surface area contributed by atoms with Crippen molar-refractivity contribution < 1.29 is 14.4 Å². The lowest BCUT2D eigenvalue weighted by atomic mass is 10.0. The van der Waals surface area contributed by atoms with Crippen molar-refractivity contribution in [1.82, 2.24) is 4.90 Å². The van der Waals surface area contributed by atoms with E-state index in [1.165, 1.54) is 4.90 Å². The molecule has 3 amide bonds. The Kier molecular flexibility index (Phi) is 3.97. The summed E-state index contributed by atoms with van der Waals surface area (Å²) < 4.78 is 0. The molecule has 27 heavy (non-hydrogen) atoms. The Balaban J connectivity index is 1.61. The largest absolute Gasteiger partial charge is 0.327 e. The summed E-state index contributed by atoms with van der Waals surface area (Å²) in [7, 11) is 0. The molecule has 1 aromatic carbocycles. The van der Waals surface area contributed by atoms with Crippen LogP contribution in [0.3, 0.4) is 0 Å². The summed E-state index contributed by atoms with van der Waals surface area (Å²) >= 11 is 5.92. The summed E-state index contributed by atoms with van der Waals surface area (Å²) in [5.74, 6) is -0.659. The van der Waals surface area contributed by atoms with Crippen molar-refractivity contribution >= 4 is 35.0 Å². The molecule has 1 aromatic rings. The molecule has 0 N–H and O–H groups in total. The first kappa shape index (κ1) is 18.5. The number of carbonyl (C=O) groups is 3. The van der Waals surface area contributed by atoms with Crippen molar-refractivity contribution in [3.8, 4) is 0 Å². The van der Waals surface area contributed by atoms with Gasteiger partial charge in [0.05, 0.1) is 12.1 Å². The highest BCUT2D eigenvalue weighted by Gasteiger charge is 2.70. The smallest absolute Gasteiger partial charge is 0.257 e. The second-order valence-electron chi connectivity index (χ2n) is 9.12. The van der Waals surface area contributed by atoms with Crippen LogP contribution < -0.4 is 4.90 Å². The molecule has 3 fully saturated rings. The Bertz CT molecular complexity index is 812. The number of carbonyl (C=O) groups excluding carboxylic acids is 3. The summed E-state index contributed by atoms with van der Waals surface area (Å²) in [4.78, 5) is 42.1. The van der Waals surface area contributed by atoms with E-state index in [0.717, 1.165) is 12.8 Å². The number of rotatable bonds is 4. The molecule has 0 radical (unpaired) electrons. The Morgan fingerprint density at radius 3 is 2.11 bits per heavy atom. The molecular formula is C21H25ClN2O3. The molecule has 1 aliphatic heterocycles. The molecule has 5 nitrogen and oxygen atoms in total. The summed E-state index contributed by atoms with van der Waals surface area (Å²) in [5.41, 5.74) is 0.310. The monoisotopic (exact) mass is 388 g/mol. The van der Waals surface area contributed by atoms with E-state index in [-0.39, 0.29) is 46.9 Å². The number of nitrogens with zero attached hydrogens (tertiary/aromatic N) is 2. The average molecular weight is 389 g/mol. The predicted molar refractivity (Wildman–Crippen MR) is 103 cm³/mol. The highest BCUT2D eigenvalue weighted by molar-refractivity contribution is 6.30. The van der Waals surface area contributed by atoms with Crippen molar-refractivity contribution in [3.05, 3.63) is 29.3 Å². The van der Waals surface area contributed by atoms with Crippen molar-refractivity contribution in [1.29, 1.82) is 0 Å². The van der Waals surface area contributed by atoms with Gasteiger partial charge in [0.15, 0.2) is 0 Å². The topological polar surface area (TPSA) is 57.7 Å². The summed E-state index contributed by atoms with van der Waals surface area (Å²) in [6.45, 7) is 8.40. The fourth-order valence-electron chi connectivity index (χ4n) is 4.60. The van der Waals surface area contributed by atoms with E-state index in [4.69, 9.17) is 11.6 Å². The van der Waals surface area contributed by atoms with Gasteiger partial charge in [0.1, 0.15) is 6.04 Å². The van der Waals surface area contributed by atoms with E-state index in [2.05, 4.69) is 27.7 Å². The van der Waals surface area contributed by atoms with Gasteiger partial charge in [-0.15, -0.1) is 0 Å². The number of anilines is 1. The maximum Gasteiger partial charge on any atom is 0.257 e. The maximum absolute atomic E-state index is 13.4. The molecule has 1 saturated heterocycles. The highest BCUT2D eigenvalue weighted by Crippen LogP contribution is 2.69. The maximum atomic E-state index is 13.4. The van der Waals surface area contributed by atoms with Crippen LogP contribution in [0.5, 0.6) is 0 Å². The minimum absolute atomic E-state index is 0.0246. The molecule has 144 valence electrons. The molecule has 4 rings (SSSR count). The van der Waals surface area contributed by atoms with Gasteiger partial charge in [-0.3, -0.25) is 14.4 Å². The molecule has 6 heteroatoms. The summed E-state index contributed by atoms with van der Waals surface area (Å²) in [6.07, 6.45) is 1.85. The second-order valence-corrected chi connectivity index (χ2v) is 9.55. The zero-order valence-corrected chi connectivity index (χ0v) is 16.9. The van der Waals surface area contributed by atoms with E-state index in [0.29, 0.717) is 10.7 Å². The summed E-state index contributed by atoms with van der Waals surface area (Å²) in [5, 5.41) is 0.544. The van der Waals surface area contributed by atoms with Gasteiger partial charge in [0, 0.05) is 17.0 Å². The lowest BCUT2D eigenvalue weighted by Crippen LogP contribution is -2.48. The Labute approximate surface area is 164 Å². The van der Waals surface area contributed by atoms with Crippen LogP contribution >= 0.6 is 11.6 Å². The number of hydrogen-bond acceptors (Lipinski definition) is 3. The van der Waals surface area contributed by atoms with E-state index in [1.54, 1.807) is 29.2 Å². The number of hydrogen-bond donors (Lipinski definition) is 0. The fraction of sp³-hybridized carbons (Fsp3) is 0.571. The highest BCUT2D eigenvalue weighted by atomic mass is 35.5. The van der Waals surface area contributed by atoms with E-state index < -0.39 is 6.04 Å². The zero-order valence-electron chi connectivity index (χ0n) is 16.2. The molecule has 2 saturated carbocycles. The van der Waals surface area contributed by atoms with Crippen LogP contribution in [0.2, 0.25) is 5.02 Å². The molecule has 1 atom stereocenters. The molecule has 3 aliphatic rings. The molecule has 0 bridgehead atoms. The molecule has 1 unspecified atom stereocenters. The van der Waals surface area contributed by atoms with Crippen molar-refractivity contribution in [3.63, 3.8) is 0 Å². The normalized spacial score (nSPS) is 26.4.